The number of likely N-dealkylation sites (tertiary alicyclic amines) is 1. The van der Waals surface area contributed by atoms with Gasteiger partial charge in [-0.15, -0.1) is 0 Å². The van der Waals surface area contributed by atoms with Gasteiger partial charge < -0.3 is 14.8 Å². The fourth-order valence-corrected chi connectivity index (χ4v) is 3.55. The summed E-state index contributed by atoms with van der Waals surface area (Å²) in [5.41, 5.74) is 1.13. The van der Waals surface area contributed by atoms with Gasteiger partial charge in [0.2, 0.25) is 5.91 Å². The lowest BCUT2D eigenvalue weighted by molar-refractivity contribution is -0.129. The SMILES string of the molecule is CC(NC(=O)C(C)N1CCC(C2OCCO2)CC1)c1ccccc1. The van der Waals surface area contributed by atoms with Gasteiger partial charge in [0.15, 0.2) is 6.29 Å². The van der Waals surface area contributed by atoms with E-state index in [2.05, 4.69) is 10.2 Å². The van der Waals surface area contributed by atoms with E-state index in [-0.39, 0.29) is 24.3 Å². The lowest BCUT2D eigenvalue weighted by Gasteiger charge is -2.37. The van der Waals surface area contributed by atoms with Gasteiger partial charge in [-0.1, -0.05) is 30.3 Å². The van der Waals surface area contributed by atoms with E-state index in [4.69, 9.17) is 9.47 Å². The second-order valence-electron chi connectivity index (χ2n) is 6.80. The van der Waals surface area contributed by atoms with Crippen LogP contribution in [0.4, 0.5) is 0 Å². The number of carbonyl (C=O) groups is 1. The molecule has 1 amide bonds. The lowest BCUT2D eigenvalue weighted by atomic mass is 9.95. The third-order valence-electron chi connectivity index (χ3n) is 5.19. The molecule has 2 unspecified atom stereocenters. The van der Waals surface area contributed by atoms with Crippen LogP contribution in [0.3, 0.4) is 0 Å². The smallest absolute Gasteiger partial charge is 0.237 e. The molecule has 2 heterocycles. The molecular weight excluding hydrogens is 304 g/mol. The molecule has 5 nitrogen and oxygen atoms in total. The van der Waals surface area contributed by atoms with Gasteiger partial charge >= 0.3 is 0 Å². The number of nitrogens with zero attached hydrogens (tertiary/aromatic N) is 1. The Morgan fingerprint density at radius 2 is 1.75 bits per heavy atom. The molecule has 0 bridgehead atoms. The van der Waals surface area contributed by atoms with Crippen molar-refractivity contribution in [3.05, 3.63) is 35.9 Å². The third kappa shape index (κ3) is 4.15. The molecule has 2 aliphatic heterocycles. The van der Waals surface area contributed by atoms with E-state index in [0.29, 0.717) is 19.1 Å². The van der Waals surface area contributed by atoms with Gasteiger partial charge in [0.25, 0.3) is 0 Å². The number of piperidine rings is 1. The quantitative estimate of drug-likeness (QED) is 0.899. The molecule has 2 atom stereocenters. The van der Waals surface area contributed by atoms with Crippen LogP contribution in [0.25, 0.3) is 0 Å². The minimum absolute atomic E-state index is 0.0268. The van der Waals surface area contributed by atoms with E-state index in [1.807, 2.05) is 44.2 Å². The predicted octanol–water partition coefficient (Wildman–Crippen LogP) is 2.34. The normalized spacial score (nSPS) is 23.1. The topological polar surface area (TPSA) is 50.8 Å². The molecule has 0 radical (unpaired) electrons. The molecule has 1 aromatic carbocycles. The van der Waals surface area contributed by atoms with Crippen molar-refractivity contribution in [2.24, 2.45) is 5.92 Å². The van der Waals surface area contributed by atoms with Crippen LogP contribution in [0.5, 0.6) is 0 Å². The average Bonchev–Trinajstić information content (AvgIpc) is 3.16. The molecule has 1 N–H and O–H groups in total. The molecule has 0 saturated carbocycles. The maximum atomic E-state index is 12.6. The Labute approximate surface area is 144 Å². The van der Waals surface area contributed by atoms with Gasteiger partial charge in [0, 0.05) is 5.92 Å². The highest BCUT2D eigenvalue weighted by molar-refractivity contribution is 5.81. The Balaban J connectivity index is 1.47. The Hall–Kier alpha value is -1.43. The zero-order chi connectivity index (χ0) is 16.9. The van der Waals surface area contributed by atoms with Crippen LogP contribution in [-0.2, 0) is 14.3 Å². The summed E-state index contributed by atoms with van der Waals surface area (Å²) in [6, 6.07) is 9.99. The number of nitrogens with one attached hydrogen (secondary N) is 1. The molecular formula is C19H28N2O3. The van der Waals surface area contributed by atoms with Crippen LogP contribution < -0.4 is 5.32 Å². The summed E-state index contributed by atoms with van der Waals surface area (Å²) in [4.78, 5) is 14.8. The predicted molar refractivity (Wildman–Crippen MR) is 92.5 cm³/mol. The van der Waals surface area contributed by atoms with Crippen LogP contribution in [0.1, 0.15) is 38.3 Å². The maximum absolute atomic E-state index is 12.6. The van der Waals surface area contributed by atoms with Gasteiger partial charge in [0.05, 0.1) is 25.3 Å². The Kier molecular flexibility index (Phi) is 5.87. The van der Waals surface area contributed by atoms with E-state index >= 15 is 0 Å². The molecule has 132 valence electrons. The number of hydrogen-bond donors (Lipinski definition) is 1. The number of carbonyl (C=O) groups excluding carboxylic acids is 1. The Morgan fingerprint density at radius 3 is 2.38 bits per heavy atom. The van der Waals surface area contributed by atoms with Gasteiger partial charge in [-0.2, -0.15) is 0 Å². The Bertz CT molecular complexity index is 523. The first kappa shape index (κ1) is 17.4. The van der Waals surface area contributed by atoms with Crippen LogP contribution in [0.2, 0.25) is 0 Å². The van der Waals surface area contributed by atoms with E-state index in [1.165, 1.54) is 0 Å². The molecule has 0 spiro atoms. The number of amides is 1. The molecule has 2 fully saturated rings. The number of hydrogen-bond acceptors (Lipinski definition) is 4. The molecule has 0 aromatic heterocycles. The number of benzene rings is 1. The largest absolute Gasteiger partial charge is 0.350 e. The minimum atomic E-state index is -0.109. The zero-order valence-electron chi connectivity index (χ0n) is 14.6. The van der Waals surface area contributed by atoms with Crippen molar-refractivity contribution in [2.75, 3.05) is 26.3 Å². The average molecular weight is 332 g/mol. The van der Waals surface area contributed by atoms with Gasteiger partial charge in [-0.05, 0) is 45.3 Å². The standard InChI is InChI=1S/C19H28N2O3/c1-14(16-6-4-3-5-7-16)20-18(22)15(2)21-10-8-17(9-11-21)19-23-12-13-24-19/h3-7,14-15,17,19H,8-13H2,1-2H3,(H,20,22). The van der Waals surface area contributed by atoms with Crippen molar-refractivity contribution in [3.8, 4) is 0 Å². The summed E-state index contributed by atoms with van der Waals surface area (Å²) < 4.78 is 11.2. The van der Waals surface area contributed by atoms with Crippen molar-refractivity contribution >= 4 is 5.91 Å². The van der Waals surface area contributed by atoms with Gasteiger partial charge in [-0.3, -0.25) is 9.69 Å². The summed E-state index contributed by atoms with van der Waals surface area (Å²) in [6.45, 7) is 7.28. The van der Waals surface area contributed by atoms with Gasteiger partial charge in [0.1, 0.15) is 0 Å². The highest BCUT2D eigenvalue weighted by Crippen LogP contribution is 2.26. The fraction of sp³-hybridized carbons (Fsp3) is 0.632. The van der Waals surface area contributed by atoms with Crippen LogP contribution in [0, 0.1) is 5.92 Å². The zero-order valence-corrected chi connectivity index (χ0v) is 14.6. The van der Waals surface area contributed by atoms with Crippen LogP contribution in [0.15, 0.2) is 30.3 Å². The molecule has 0 aliphatic carbocycles. The van der Waals surface area contributed by atoms with Crippen molar-refractivity contribution in [2.45, 2.75) is 45.1 Å². The van der Waals surface area contributed by atoms with E-state index in [0.717, 1.165) is 31.5 Å². The van der Waals surface area contributed by atoms with Crippen molar-refractivity contribution < 1.29 is 14.3 Å². The summed E-state index contributed by atoms with van der Waals surface area (Å²) in [5.74, 6) is 0.556. The van der Waals surface area contributed by atoms with E-state index in [9.17, 15) is 4.79 Å². The number of rotatable bonds is 5. The number of ether oxygens (including phenoxy) is 2. The first-order chi connectivity index (χ1) is 11.6. The van der Waals surface area contributed by atoms with Crippen molar-refractivity contribution in [3.63, 3.8) is 0 Å². The monoisotopic (exact) mass is 332 g/mol. The van der Waals surface area contributed by atoms with Crippen molar-refractivity contribution in [1.82, 2.24) is 10.2 Å². The molecule has 1 aromatic rings. The summed E-state index contributed by atoms with van der Waals surface area (Å²) in [6.07, 6.45) is 2.02. The fourth-order valence-electron chi connectivity index (χ4n) is 3.55. The molecule has 2 saturated heterocycles. The molecule has 5 heteroatoms. The second-order valence-corrected chi connectivity index (χ2v) is 6.80. The highest BCUT2D eigenvalue weighted by Gasteiger charge is 2.33. The lowest BCUT2D eigenvalue weighted by Crippen LogP contribution is -2.49. The first-order valence-corrected chi connectivity index (χ1v) is 8.97. The van der Waals surface area contributed by atoms with Crippen LogP contribution >= 0.6 is 0 Å². The molecule has 2 aliphatic rings. The minimum Gasteiger partial charge on any atom is -0.350 e. The Morgan fingerprint density at radius 1 is 1.12 bits per heavy atom. The summed E-state index contributed by atoms with van der Waals surface area (Å²) in [5, 5.41) is 3.13. The second kappa shape index (κ2) is 8.10. The molecule has 3 rings (SSSR count). The maximum Gasteiger partial charge on any atom is 0.237 e. The third-order valence-corrected chi connectivity index (χ3v) is 5.19. The molecule has 24 heavy (non-hydrogen) atoms. The highest BCUT2D eigenvalue weighted by atomic mass is 16.7. The van der Waals surface area contributed by atoms with Crippen LogP contribution in [-0.4, -0.2) is 49.4 Å². The van der Waals surface area contributed by atoms with Gasteiger partial charge in [-0.25, -0.2) is 0 Å². The van der Waals surface area contributed by atoms with Crippen molar-refractivity contribution in [1.29, 1.82) is 0 Å². The van der Waals surface area contributed by atoms with E-state index < -0.39 is 0 Å². The summed E-state index contributed by atoms with van der Waals surface area (Å²) in [7, 11) is 0. The van der Waals surface area contributed by atoms with E-state index in [1.54, 1.807) is 0 Å². The summed E-state index contributed by atoms with van der Waals surface area (Å²) >= 11 is 0. The first-order valence-electron chi connectivity index (χ1n) is 8.97.